The lowest BCUT2D eigenvalue weighted by Crippen LogP contribution is -2.33. The summed E-state index contributed by atoms with van der Waals surface area (Å²) in [5, 5.41) is 4.10. The van der Waals surface area contributed by atoms with Crippen LogP contribution in [0.15, 0.2) is 51.6 Å². The van der Waals surface area contributed by atoms with Gasteiger partial charge < -0.3 is 18.6 Å². The first-order valence-electron chi connectivity index (χ1n) is 9.16. The molecule has 0 atom stereocenters. The van der Waals surface area contributed by atoms with E-state index in [0.717, 1.165) is 23.5 Å². The smallest absolute Gasteiger partial charge is 0.276 e. The molecule has 3 aromatic rings. The Bertz CT molecular complexity index is 928. The van der Waals surface area contributed by atoms with Gasteiger partial charge in [0.2, 0.25) is 0 Å². The van der Waals surface area contributed by atoms with Crippen molar-refractivity contribution in [1.82, 2.24) is 10.1 Å². The van der Waals surface area contributed by atoms with E-state index in [0.29, 0.717) is 36.0 Å². The van der Waals surface area contributed by atoms with Crippen LogP contribution in [0.5, 0.6) is 5.75 Å². The Morgan fingerprint density at radius 2 is 2.07 bits per heavy atom. The third-order valence-corrected chi connectivity index (χ3v) is 4.68. The maximum atomic E-state index is 13.2. The number of carbonyl (C=O) groups is 1. The van der Waals surface area contributed by atoms with E-state index in [1.54, 1.807) is 11.2 Å². The summed E-state index contributed by atoms with van der Waals surface area (Å²) >= 11 is 0. The largest absolute Gasteiger partial charge is 0.488 e. The summed E-state index contributed by atoms with van der Waals surface area (Å²) in [6.07, 6.45) is 2.51. The molecule has 0 N–H and O–H groups in total. The highest BCUT2D eigenvalue weighted by molar-refractivity contribution is 5.95. The Kier molecular flexibility index (Phi) is 4.71. The van der Waals surface area contributed by atoms with Crippen molar-refractivity contribution < 1.29 is 18.5 Å². The summed E-state index contributed by atoms with van der Waals surface area (Å²) < 4.78 is 16.8. The molecule has 4 rings (SSSR count). The number of fused-ring (bicyclic) bond motifs is 3. The van der Waals surface area contributed by atoms with Crippen molar-refractivity contribution in [2.75, 3.05) is 6.54 Å². The highest BCUT2D eigenvalue weighted by atomic mass is 16.5. The van der Waals surface area contributed by atoms with Gasteiger partial charge in [0.25, 0.3) is 5.91 Å². The molecule has 0 saturated heterocycles. The van der Waals surface area contributed by atoms with Gasteiger partial charge in [-0.1, -0.05) is 31.1 Å². The molecule has 0 bridgehead atoms. The van der Waals surface area contributed by atoms with Gasteiger partial charge in [0.05, 0.1) is 23.9 Å². The van der Waals surface area contributed by atoms with Crippen LogP contribution in [0, 0.1) is 5.92 Å². The minimum absolute atomic E-state index is 0.167. The van der Waals surface area contributed by atoms with Crippen LogP contribution in [0.2, 0.25) is 0 Å². The minimum atomic E-state index is -0.167. The fraction of sp³-hybridized carbons (Fsp3) is 0.333. The Hall–Kier alpha value is -3.02. The number of aromatic nitrogens is 1. The molecule has 0 fully saturated rings. The molecule has 6 nitrogen and oxygen atoms in total. The lowest BCUT2D eigenvalue weighted by atomic mass is 10.0. The van der Waals surface area contributed by atoms with Gasteiger partial charge in [-0.3, -0.25) is 4.79 Å². The van der Waals surface area contributed by atoms with Gasteiger partial charge in [-0.15, -0.1) is 0 Å². The second-order valence-corrected chi connectivity index (χ2v) is 7.11. The molecule has 27 heavy (non-hydrogen) atoms. The summed E-state index contributed by atoms with van der Waals surface area (Å²) in [5.74, 6) is 2.42. The molecular weight excluding hydrogens is 344 g/mol. The molecule has 0 aliphatic carbocycles. The molecule has 1 amide bonds. The fourth-order valence-electron chi connectivity index (χ4n) is 3.16. The van der Waals surface area contributed by atoms with Gasteiger partial charge in [-0.05, 0) is 36.6 Å². The van der Waals surface area contributed by atoms with Gasteiger partial charge in [0, 0.05) is 6.54 Å². The van der Waals surface area contributed by atoms with E-state index in [1.165, 1.54) is 0 Å². The number of para-hydroxylation sites is 1. The van der Waals surface area contributed by atoms with Crippen molar-refractivity contribution in [3.8, 4) is 17.1 Å². The highest BCUT2D eigenvalue weighted by Gasteiger charge is 2.31. The van der Waals surface area contributed by atoms with Crippen LogP contribution in [-0.4, -0.2) is 22.5 Å². The number of hydrogen-bond acceptors (Lipinski definition) is 5. The van der Waals surface area contributed by atoms with E-state index < -0.39 is 0 Å². The topological polar surface area (TPSA) is 68.7 Å². The number of hydrogen-bond donors (Lipinski definition) is 0. The maximum Gasteiger partial charge on any atom is 0.276 e. The Balaban J connectivity index is 1.63. The van der Waals surface area contributed by atoms with Gasteiger partial charge in [0.15, 0.2) is 11.5 Å². The number of furan rings is 1. The van der Waals surface area contributed by atoms with Crippen molar-refractivity contribution in [2.24, 2.45) is 5.92 Å². The van der Waals surface area contributed by atoms with Crippen LogP contribution in [-0.2, 0) is 13.2 Å². The van der Waals surface area contributed by atoms with E-state index >= 15 is 0 Å². The number of nitrogens with zero attached hydrogens (tertiary/aromatic N) is 2. The first kappa shape index (κ1) is 17.4. The van der Waals surface area contributed by atoms with Crippen molar-refractivity contribution in [1.29, 1.82) is 0 Å². The molecule has 0 radical (unpaired) electrons. The van der Waals surface area contributed by atoms with E-state index in [9.17, 15) is 4.79 Å². The molecule has 6 heteroatoms. The van der Waals surface area contributed by atoms with Gasteiger partial charge in [-0.2, -0.15) is 0 Å². The second-order valence-electron chi connectivity index (χ2n) is 7.11. The summed E-state index contributed by atoms with van der Waals surface area (Å²) in [7, 11) is 0. The van der Waals surface area contributed by atoms with Crippen LogP contribution in [0.3, 0.4) is 0 Å². The first-order chi connectivity index (χ1) is 13.1. The predicted molar refractivity (Wildman–Crippen MR) is 99.2 cm³/mol. The minimum Gasteiger partial charge on any atom is -0.488 e. The highest BCUT2D eigenvalue weighted by Crippen LogP contribution is 2.38. The van der Waals surface area contributed by atoms with Crippen LogP contribution >= 0.6 is 0 Å². The SMILES string of the molecule is CC(C)CCN(Cc1ccco1)C(=O)c1noc2c1COc1ccccc1-2. The number of amides is 1. The molecule has 140 valence electrons. The normalized spacial score (nSPS) is 12.4. The molecule has 1 aliphatic heterocycles. The average Bonchev–Trinajstić information content (AvgIpc) is 3.34. The zero-order chi connectivity index (χ0) is 18.8. The summed E-state index contributed by atoms with van der Waals surface area (Å²) in [4.78, 5) is 15.0. The first-order valence-corrected chi connectivity index (χ1v) is 9.16. The Labute approximate surface area is 157 Å². The van der Waals surface area contributed by atoms with Crippen LogP contribution < -0.4 is 4.74 Å². The molecule has 0 saturated carbocycles. The van der Waals surface area contributed by atoms with Crippen LogP contribution in [0.25, 0.3) is 11.3 Å². The van der Waals surface area contributed by atoms with Gasteiger partial charge >= 0.3 is 0 Å². The number of ether oxygens (including phenoxy) is 1. The van der Waals surface area contributed by atoms with E-state index in [-0.39, 0.29) is 12.5 Å². The molecular formula is C21H22N2O4. The van der Waals surface area contributed by atoms with Crippen molar-refractivity contribution in [3.63, 3.8) is 0 Å². The van der Waals surface area contributed by atoms with Crippen molar-refractivity contribution in [3.05, 3.63) is 59.7 Å². The number of carbonyl (C=O) groups excluding carboxylic acids is 1. The number of benzene rings is 1. The lowest BCUT2D eigenvalue weighted by molar-refractivity contribution is 0.0710. The van der Waals surface area contributed by atoms with E-state index in [4.69, 9.17) is 13.7 Å². The third-order valence-electron chi connectivity index (χ3n) is 4.68. The molecule has 0 spiro atoms. The van der Waals surface area contributed by atoms with Gasteiger partial charge in [0.1, 0.15) is 18.1 Å². The Morgan fingerprint density at radius 1 is 1.22 bits per heavy atom. The summed E-state index contributed by atoms with van der Waals surface area (Å²) in [6, 6.07) is 11.3. The fourth-order valence-corrected chi connectivity index (χ4v) is 3.16. The average molecular weight is 366 g/mol. The van der Waals surface area contributed by atoms with Crippen LogP contribution in [0.1, 0.15) is 42.1 Å². The summed E-state index contributed by atoms with van der Waals surface area (Å²) in [5.41, 5.74) is 1.84. The molecule has 0 unspecified atom stereocenters. The monoisotopic (exact) mass is 366 g/mol. The molecule has 2 aromatic heterocycles. The number of rotatable bonds is 6. The third kappa shape index (κ3) is 3.47. The predicted octanol–water partition coefficient (Wildman–Crippen LogP) is 4.52. The standard InChI is InChI=1S/C21H22N2O4/c1-14(2)9-10-23(12-15-6-5-11-25-15)21(24)19-17-13-26-18-8-4-3-7-16(18)20(17)27-22-19/h3-8,11,14H,9-10,12-13H2,1-2H3. The second kappa shape index (κ2) is 7.31. The molecule has 1 aromatic carbocycles. The maximum absolute atomic E-state index is 13.2. The van der Waals surface area contributed by atoms with E-state index in [1.807, 2.05) is 36.4 Å². The Morgan fingerprint density at radius 3 is 2.85 bits per heavy atom. The quantitative estimate of drug-likeness (QED) is 0.642. The summed E-state index contributed by atoms with van der Waals surface area (Å²) in [6.45, 7) is 5.57. The van der Waals surface area contributed by atoms with E-state index in [2.05, 4.69) is 19.0 Å². The zero-order valence-corrected chi connectivity index (χ0v) is 15.5. The molecule has 1 aliphatic rings. The lowest BCUT2D eigenvalue weighted by Gasteiger charge is -2.22. The van der Waals surface area contributed by atoms with Crippen molar-refractivity contribution in [2.45, 2.75) is 33.4 Å². The van der Waals surface area contributed by atoms with Gasteiger partial charge in [-0.25, -0.2) is 0 Å². The van der Waals surface area contributed by atoms with Crippen molar-refractivity contribution >= 4 is 5.91 Å². The molecule has 3 heterocycles. The zero-order valence-electron chi connectivity index (χ0n) is 15.5. The van der Waals surface area contributed by atoms with Crippen LogP contribution in [0.4, 0.5) is 0 Å².